The average molecular weight is 190 g/mol. The van der Waals surface area contributed by atoms with Gasteiger partial charge in [-0.1, -0.05) is 0 Å². The zero-order chi connectivity index (χ0) is 10.1. The summed E-state index contributed by atoms with van der Waals surface area (Å²) < 4.78 is 0. The minimum atomic E-state index is 0.217. The molecule has 2 heterocycles. The maximum atomic E-state index is 5.40. The lowest BCUT2D eigenvalue weighted by molar-refractivity contribution is 0.999. The smallest absolute Gasteiger partial charge is 0.239 e. The topological polar surface area (TPSA) is 93.4 Å². The highest BCUT2D eigenvalue weighted by Crippen LogP contribution is 2.12. The predicted molar refractivity (Wildman–Crippen MR) is 51.3 cm³/mol. The number of hydrogen-bond donors (Lipinski definition) is 2. The van der Waals surface area contributed by atoms with Gasteiger partial charge in [0.05, 0.1) is 0 Å². The minimum Gasteiger partial charge on any atom is -0.366 e. The van der Waals surface area contributed by atoms with Gasteiger partial charge in [-0.15, -0.1) is 5.10 Å². The van der Waals surface area contributed by atoms with Crippen LogP contribution in [-0.2, 0) is 0 Å². The zero-order valence-electron chi connectivity index (χ0n) is 7.94. The highest BCUT2D eigenvalue weighted by Gasteiger charge is 2.06. The number of nitrogens with two attached hydrogens (primary N) is 1. The molecule has 6 nitrogen and oxygen atoms in total. The van der Waals surface area contributed by atoms with E-state index in [4.69, 9.17) is 5.73 Å². The molecule has 0 aliphatic carbocycles. The molecular formula is C8H10N6. The molecule has 2 aromatic rings. The third-order valence-corrected chi connectivity index (χ3v) is 1.71. The van der Waals surface area contributed by atoms with Crippen molar-refractivity contribution < 1.29 is 0 Å². The van der Waals surface area contributed by atoms with Crippen LogP contribution in [0.25, 0.3) is 11.5 Å². The molecule has 2 rings (SSSR count). The predicted octanol–water partition coefficient (Wildman–Crippen LogP) is 0.461. The van der Waals surface area contributed by atoms with E-state index in [1.165, 1.54) is 0 Å². The Bertz CT molecular complexity index is 440. The second kappa shape index (κ2) is 3.06. The van der Waals surface area contributed by atoms with Crippen LogP contribution in [-0.4, -0.2) is 25.1 Å². The lowest BCUT2D eigenvalue weighted by Crippen LogP contribution is -1.95. The quantitative estimate of drug-likeness (QED) is 0.681. The average Bonchev–Trinajstić information content (AvgIpc) is 2.50. The Morgan fingerprint density at radius 3 is 2.57 bits per heavy atom. The zero-order valence-corrected chi connectivity index (χ0v) is 7.94. The molecular weight excluding hydrogens is 180 g/mol. The van der Waals surface area contributed by atoms with Gasteiger partial charge in [0.1, 0.15) is 11.5 Å². The monoisotopic (exact) mass is 190 g/mol. The molecule has 0 fully saturated rings. The molecule has 6 heteroatoms. The maximum Gasteiger partial charge on any atom is 0.239 e. The van der Waals surface area contributed by atoms with Gasteiger partial charge in [0.15, 0.2) is 5.82 Å². The number of anilines is 1. The number of aromatic nitrogens is 5. The molecule has 0 aromatic carbocycles. The summed E-state index contributed by atoms with van der Waals surface area (Å²) in [5.41, 5.74) is 6.99. The fraction of sp³-hybridized carbons (Fsp3) is 0.250. The van der Waals surface area contributed by atoms with Crippen molar-refractivity contribution in [3.05, 3.63) is 17.6 Å². The van der Waals surface area contributed by atoms with Gasteiger partial charge in [-0.25, -0.2) is 9.97 Å². The van der Waals surface area contributed by atoms with Gasteiger partial charge in [0.2, 0.25) is 5.95 Å². The summed E-state index contributed by atoms with van der Waals surface area (Å²) in [6.45, 7) is 3.73. The molecule has 3 N–H and O–H groups in total. The van der Waals surface area contributed by atoms with Crippen LogP contribution in [0.5, 0.6) is 0 Å². The Balaban J connectivity index is 2.51. The van der Waals surface area contributed by atoms with Crippen molar-refractivity contribution in [3.8, 4) is 11.5 Å². The molecule has 2 aromatic heterocycles. The minimum absolute atomic E-state index is 0.217. The summed E-state index contributed by atoms with van der Waals surface area (Å²) in [4.78, 5) is 12.4. The standard InChI is InChI=1S/C8H10N6/c1-4-3-6(11-5(2)10-4)7-12-8(9)14-13-7/h3H,1-2H3,(H3,9,12,13,14). The van der Waals surface area contributed by atoms with Crippen molar-refractivity contribution in [2.24, 2.45) is 0 Å². The molecule has 0 unspecified atom stereocenters. The Kier molecular flexibility index (Phi) is 1.88. The van der Waals surface area contributed by atoms with Gasteiger partial charge in [-0.05, 0) is 19.9 Å². The molecule has 0 saturated heterocycles. The van der Waals surface area contributed by atoms with Crippen LogP contribution in [0.4, 0.5) is 5.95 Å². The number of rotatable bonds is 1. The molecule has 0 radical (unpaired) electrons. The number of nitrogens with zero attached hydrogens (tertiary/aromatic N) is 4. The van der Waals surface area contributed by atoms with Crippen molar-refractivity contribution in [3.63, 3.8) is 0 Å². The third-order valence-electron chi connectivity index (χ3n) is 1.71. The van der Waals surface area contributed by atoms with Crippen molar-refractivity contribution in [2.75, 3.05) is 5.73 Å². The van der Waals surface area contributed by atoms with Gasteiger partial charge in [-0.2, -0.15) is 4.98 Å². The molecule has 0 bridgehead atoms. The van der Waals surface area contributed by atoms with Crippen molar-refractivity contribution in [2.45, 2.75) is 13.8 Å². The summed E-state index contributed by atoms with van der Waals surface area (Å²) in [7, 11) is 0. The molecule has 0 spiro atoms. The summed E-state index contributed by atoms with van der Waals surface area (Å²) in [6, 6.07) is 1.83. The molecule has 72 valence electrons. The van der Waals surface area contributed by atoms with E-state index in [2.05, 4.69) is 25.1 Å². The first kappa shape index (κ1) is 8.61. The van der Waals surface area contributed by atoms with E-state index in [1.807, 2.05) is 19.9 Å². The fourth-order valence-electron chi connectivity index (χ4n) is 1.23. The SMILES string of the molecule is Cc1cc(-c2nc(N)n[nH]2)nc(C)n1. The summed E-state index contributed by atoms with van der Waals surface area (Å²) in [5.74, 6) is 1.49. The van der Waals surface area contributed by atoms with Crippen LogP contribution in [0.1, 0.15) is 11.5 Å². The van der Waals surface area contributed by atoms with E-state index in [-0.39, 0.29) is 5.95 Å². The van der Waals surface area contributed by atoms with Gasteiger partial charge < -0.3 is 5.73 Å². The van der Waals surface area contributed by atoms with E-state index in [0.29, 0.717) is 17.3 Å². The van der Waals surface area contributed by atoms with Crippen LogP contribution in [0.3, 0.4) is 0 Å². The van der Waals surface area contributed by atoms with Crippen molar-refractivity contribution in [1.82, 2.24) is 25.1 Å². The lowest BCUT2D eigenvalue weighted by atomic mass is 10.3. The number of nitrogen functional groups attached to an aromatic ring is 1. The van der Waals surface area contributed by atoms with Crippen LogP contribution in [0, 0.1) is 13.8 Å². The highest BCUT2D eigenvalue weighted by atomic mass is 15.3. The van der Waals surface area contributed by atoms with Crippen molar-refractivity contribution >= 4 is 5.95 Å². The number of H-pyrrole nitrogens is 1. The Morgan fingerprint density at radius 1 is 1.21 bits per heavy atom. The summed E-state index contributed by atoms with van der Waals surface area (Å²) in [6.07, 6.45) is 0. The molecule has 14 heavy (non-hydrogen) atoms. The van der Waals surface area contributed by atoms with Crippen LogP contribution >= 0.6 is 0 Å². The normalized spacial score (nSPS) is 10.4. The first-order chi connectivity index (χ1) is 6.65. The molecule has 0 saturated carbocycles. The number of aryl methyl sites for hydroxylation is 2. The van der Waals surface area contributed by atoms with Gasteiger partial charge >= 0.3 is 0 Å². The second-order valence-electron chi connectivity index (χ2n) is 2.98. The van der Waals surface area contributed by atoms with Crippen LogP contribution in [0.2, 0.25) is 0 Å². The largest absolute Gasteiger partial charge is 0.366 e. The van der Waals surface area contributed by atoms with E-state index in [9.17, 15) is 0 Å². The molecule has 0 amide bonds. The Labute approximate surface area is 80.6 Å². The van der Waals surface area contributed by atoms with Crippen LogP contribution in [0.15, 0.2) is 6.07 Å². The molecule has 0 aliphatic heterocycles. The van der Waals surface area contributed by atoms with Gasteiger partial charge in [-0.3, -0.25) is 5.10 Å². The first-order valence-corrected chi connectivity index (χ1v) is 4.15. The maximum absolute atomic E-state index is 5.40. The molecule has 0 atom stereocenters. The number of nitrogens with one attached hydrogen (secondary N) is 1. The lowest BCUT2D eigenvalue weighted by Gasteiger charge is -1.98. The number of hydrogen-bond acceptors (Lipinski definition) is 5. The van der Waals surface area contributed by atoms with E-state index >= 15 is 0 Å². The number of aromatic amines is 1. The molecule has 0 aliphatic rings. The Hall–Kier alpha value is -1.98. The van der Waals surface area contributed by atoms with Crippen molar-refractivity contribution in [1.29, 1.82) is 0 Å². The van der Waals surface area contributed by atoms with E-state index < -0.39 is 0 Å². The summed E-state index contributed by atoms with van der Waals surface area (Å²) in [5, 5.41) is 6.43. The summed E-state index contributed by atoms with van der Waals surface area (Å²) >= 11 is 0. The van der Waals surface area contributed by atoms with E-state index in [1.54, 1.807) is 0 Å². The Morgan fingerprint density at radius 2 is 2.00 bits per heavy atom. The van der Waals surface area contributed by atoms with E-state index in [0.717, 1.165) is 5.69 Å². The highest BCUT2D eigenvalue weighted by molar-refractivity contribution is 5.50. The fourth-order valence-corrected chi connectivity index (χ4v) is 1.23. The van der Waals surface area contributed by atoms with Crippen LogP contribution < -0.4 is 5.73 Å². The second-order valence-corrected chi connectivity index (χ2v) is 2.98. The van der Waals surface area contributed by atoms with Gasteiger partial charge in [0, 0.05) is 5.69 Å². The first-order valence-electron chi connectivity index (χ1n) is 4.15. The third kappa shape index (κ3) is 1.54. The van der Waals surface area contributed by atoms with Gasteiger partial charge in [0.25, 0.3) is 0 Å².